The highest BCUT2D eigenvalue weighted by atomic mass is 16.2. The van der Waals surface area contributed by atoms with Gasteiger partial charge in [0.25, 0.3) is 5.91 Å². The number of rotatable bonds is 2. The summed E-state index contributed by atoms with van der Waals surface area (Å²) in [7, 11) is 0. The molecule has 1 aliphatic rings. The fraction of sp³-hybridized carbons (Fsp3) is 0.286. The molecule has 2 amide bonds. The zero-order valence-electron chi connectivity index (χ0n) is 15.7. The molecular formula is C21H22N4O2. The number of benzene rings is 1. The van der Waals surface area contributed by atoms with E-state index < -0.39 is 0 Å². The average Bonchev–Trinajstić information content (AvgIpc) is 2.96. The van der Waals surface area contributed by atoms with Crippen LogP contribution in [0.15, 0.2) is 42.6 Å². The molecule has 1 aliphatic heterocycles. The van der Waals surface area contributed by atoms with Crippen molar-refractivity contribution in [2.24, 2.45) is 0 Å². The molecule has 0 aliphatic carbocycles. The van der Waals surface area contributed by atoms with E-state index in [0.717, 1.165) is 28.0 Å². The molecule has 0 saturated heterocycles. The van der Waals surface area contributed by atoms with Crippen LogP contribution in [0.3, 0.4) is 0 Å². The smallest absolute Gasteiger partial charge is 0.258 e. The summed E-state index contributed by atoms with van der Waals surface area (Å²) in [6.45, 7) is 6.63. The molecule has 0 radical (unpaired) electrons. The highest BCUT2D eigenvalue weighted by molar-refractivity contribution is 6.13. The molecule has 1 N–H and O–H groups in total. The van der Waals surface area contributed by atoms with Gasteiger partial charge in [-0.2, -0.15) is 0 Å². The van der Waals surface area contributed by atoms with Crippen LogP contribution in [-0.4, -0.2) is 32.3 Å². The van der Waals surface area contributed by atoms with Gasteiger partial charge < -0.3 is 14.8 Å². The minimum atomic E-state index is -0.177. The molecule has 1 unspecified atom stereocenters. The van der Waals surface area contributed by atoms with Gasteiger partial charge >= 0.3 is 0 Å². The van der Waals surface area contributed by atoms with Crippen LogP contribution in [0.5, 0.6) is 0 Å². The van der Waals surface area contributed by atoms with Crippen molar-refractivity contribution < 1.29 is 9.59 Å². The van der Waals surface area contributed by atoms with Crippen LogP contribution in [-0.2, 0) is 17.9 Å². The maximum atomic E-state index is 13.1. The van der Waals surface area contributed by atoms with Crippen LogP contribution in [0, 0.1) is 6.92 Å². The summed E-state index contributed by atoms with van der Waals surface area (Å²) in [4.78, 5) is 31.5. The van der Waals surface area contributed by atoms with Crippen LogP contribution in [0.1, 0.15) is 35.5 Å². The molecule has 6 nitrogen and oxygen atoms in total. The summed E-state index contributed by atoms with van der Waals surface area (Å²) in [6, 6.07) is 11.5. The van der Waals surface area contributed by atoms with Crippen molar-refractivity contribution in [3.63, 3.8) is 0 Å². The van der Waals surface area contributed by atoms with E-state index in [1.807, 2.05) is 50.2 Å². The number of anilines is 1. The van der Waals surface area contributed by atoms with E-state index in [9.17, 15) is 9.59 Å². The van der Waals surface area contributed by atoms with Crippen molar-refractivity contribution in [1.29, 1.82) is 0 Å². The Kier molecular flexibility index (Phi) is 4.18. The van der Waals surface area contributed by atoms with E-state index in [2.05, 4.69) is 14.9 Å². The molecule has 6 heteroatoms. The Morgan fingerprint density at radius 3 is 2.63 bits per heavy atom. The van der Waals surface area contributed by atoms with Crippen molar-refractivity contribution in [2.45, 2.75) is 39.9 Å². The summed E-state index contributed by atoms with van der Waals surface area (Å²) in [5.74, 6) is -0.166. The fourth-order valence-corrected chi connectivity index (χ4v) is 3.77. The number of nitrogens with zero attached hydrogens (tertiary/aromatic N) is 3. The van der Waals surface area contributed by atoms with Crippen molar-refractivity contribution in [3.05, 3.63) is 59.4 Å². The lowest BCUT2D eigenvalue weighted by Gasteiger charge is -2.34. The minimum absolute atomic E-state index is 0.0110. The first kappa shape index (κ1) is 17.3. The molecule has 4 rings (SSSR count). The van der Waals surface area contributed by atoms with Gasteiger partial charge in [0, 0.05) is 36.8 Å². The fourth-order valence-electron chi connectivity index (χ4n) is 3.77. The lowest BCUT2D eigenvalue weighted by molar-refractivity contribution is -0.132. The maximum Gasteiger partial charge on any atom is 0.258 e. The molecule has 2 aromatic heterocycles. The number of hydrogen-bond donors (Lipinski definition) is 1. The Labute approximate surface area is 157 Å². The van der Waals surface area contributed by atoms with Gasteiger partial charge in [0.15, 0.2) is 0 Å². The lowest BCUT2D eigenvalue weighted by Crippen LogP contribution is -2.44. The second kappa shape index (κ2) is 6.54. The zero-order valence-corrected chi connectivity index (χ0v) is 15.7. The van der Waals surface area contributed by atoms with Gasteiger partial charge in [-0.1, -0.05) is 17.7 Å². The highest BCUT2D eigenvalue weighted by Gasteiger charge is 2.32. The minimum Gasteiger partial charge on any atom is -0.333 e. The Morgan fingerprint density at radius 1 is 1.19 bits per heavy atom. The highest BCUT2D eigenvalue weighted by Crippen LogP contribution is 2.31. The van der Waals surface area contributed by atoms with Crippen LogP contribution in [0.4, 0.5) is 5.69 Å². The van der Waals surface area contributed by atoms with Crippen molar-refractivity contribution in [3.8, 4) is 0 Å². The first-order chi connectivity index (χ1) is 13.0. The van der Waals surface area contributed by atoms with E-state index in [1.54, 1.807) is 18.0 Å². The van der Waals surface area contributed by atoms with E-state index in [0.29, 0.717) is 18.7 Å². The second-order valence-corrected chi connectivity index (χ2v) is 7.12. The van der Waals surface area contributed by atoms with Gasteiger partial charge in [-0.15, -0.1) is 0 Å². The third-order valence-electron chi connectivity index (χ3n) is 5.17. The maximum absolute atomic E-state index is 13.1. The van der Waals surface area contributed by atoms with E-state index in [-0.39, 0.29) is 17.9 Å². The van der Waals surface area contributed by atoms with Gasteiger partial charge in [-0.25, -0.2) is 4.98 Å². The van der Waals surface area contributed by atoms with Crippen LogP contribution >= 0.6 is 0 Å². The Morgan fingerprint density at radius 2 is 1.93 bits per heavy atom. The molecule has 0 fully saturated rings. The topological polar surface area (TPSA) is 67.2 Å². The summed E-state index contributed by atoms with van der Waals surface area (Å²) >= 11 is 0. The molecule has 1 aromatic carbocycles. The monoisotopic (exact) mass is 362 g/mol. The number of aromatic nitrogens is 2. The molecule has 0 bridgehead atoms. The molecule has 1 atom stereocenters. The van der Waals surface area contributed by atoms with Gasteiger partial charge in [0.2, 0.25) is 5.91 Å². The van der Waals surface area contributed by atoms with Gasteiger partial charge in [-0.05, 0) is 38.1 Å². The first-order valence-corrected chi connectivity index (χ1v) is 9.07. The third kappa shape index (κ3) is 2.97. The second-order valence-electron chi connectivity index (χ2n) is 7.12. The molecule has 0 saturated carbocycles. The number of fused-ring (bicyclic) bond motifs is 3. The number of pyridine rings is 1. The van der Waals surface area contributed by atoms with E-state index in [1.165, 1.54) is 0 Å². The largest absolute Gasteiger partial charge is 0.333 e. The molecular weight excluding hydrogens is 340 g/mol. The standard InChI is InChI=1S/C21H22N4O2/c1-13-6-8-16(9-7-13)23-21(27)19-17-5-4-10-22-20(17)25-11-14(2)24(15(3)26)12-18(19)25/h4-10,14H,11-12H2,1-3H3,(H,23,27). The normalized spacial score (nSPS) is 16.3. The zero-order chi connectivity index (χ0) is 19.1. The Bertz CT molecular complexity index is 1040. The average molecular weight is 362 g/mol. The van der Waals surface area contributed by atoms with Gasteiger partial charge in [0.05, 0.1) is 17.8 Å². The van der Waals surface area contributed by atoms with Gasteiger partial charge in [-0.3, -0.25) is 9.59 Å². The van der Waals surface area contributed by atoms with E-state index in [4.69, 9.17) is 0 Å². The summed E-state index contributed by atoms with van der Waals surface area (Å²) < 4.78 is 2.07. The van der Waals surface area contributed by atoms with Crippen molar-refractivity contribution in [1.82, 2.24) is 14.5 Å². The van der Waals surface area contributed by atoms with Crippen molar-refractivity contribution in [2.75, 3.05) is 5.32 Å². The van der Waals surface area contributed by atoms with Crippen LogP contribution in [0.2, 0.25) is 0 Å². The number of carbonyl (C=O) groups is 2. The SMILES string of the molecule is CC(=O)N1Cc2c(C(=O)Nc3ccc(C)cc3)c3cccnc3n2CC1C. The number of hydrogen-bond acceptors (Lipinski definition) is 3. The molecule has 3 heterocycles. The third-order valence-corrected chi connectivity index (χ3v) is 5.17. The summed E-state index contributed by atoms with van der Waals surface area (Å²) in [5.41, 5.74) is 4.10. The predicted octanol–water partition coefficient (Wildman–Crippen LogP) is 3.35. The van der Waals surface area contributed by atoms with Gasteiger partial charge in [0.1, 0.15) is 5.65 Å². The van der Waals surface area contributed by atoms with E-state index >= 15 is 0 Å². The number of nitrogens with one attached hydrogen (secondary N) is 1. The van der Waals surface area contributed by atoms with Crippen LogP contribution < -0.4 is 5.32 Å². The predicted molar refractivity (Wildman–Crippen MR) is 105 cm³/mol. The number of aryl methyl sites for hydroxylation is 1. The molecule has 138 valence electrons. The number of amides is 2. The lowest BCUT2D eigenvalue weighted by atomic mass is 10.1. The Hall–Kier alpha value is -3.15. The summed E-state index contributed by atoms with van der Waals surface area (Å²) in [5, 5.41) is 3.80. The first-order valence-electron chi connectivity index (χ1n) is 9.07. The molecule has 27 heavy (non-hydrogen) atoms. The quantitative estimate of drug-likeness (QED) is 0.760. The molecule has 0 spiro atoms. The van der Waals surface area contributed by atoms with Crippen LogP contribution in [0.25, 0.3) is 11.0 Å². The molecule has 3 aromatic rings. The number of carbonyl (C=O) groups excluding carboxylic acids is 2. The Balaban J connectivity index is 1.80. The van der Waals surface area contributed by atoms with Crippen molar-refractivity contribution >= 4 is 28.5 Å². The summed E-state index contributed by atoms with van der Waals surface area (Å²) in [6.07, 6.45) is 1.74.